The number of nitrogens with zero attached hydrogens (tertiary/aromatic N) is 1. The van der Waals surface area contributed by atoms with Crippen molar-refractivity contribution in [2.75, 3.05) is 19.7 Å². The topological polar surface area (TPSA) is 54.3 Å². The van der Waals surface area contributed by atoms with Crippen molar-refractivity contribution in [3.05, 3.63) is 28.8 Å². The Labute approximate surface area is 118 Å². The molecule has 1 aliphatic heterocycles. The number of nitrogens with one attached hydrogen (secondary N) is 1. The lowest BCUT2D eigenvalue weighted by atomic mass is 10.1. The van der Waals surface area contributed by atoms with Gasteiger partial charge in [-0.15, -0.1) is 0 Å². The largest absolute Gasteiger partial charge is 0.489 e. The molecular weight excluding hydrogens is 264 g/mol. The van der Waals surface area contributed by atoms with Crippen LogP contribution < -0.4 is 10.1 Å². The van der Waals surface area contributed by atoms with E-state index in [4.69, 9.17) is 26.3 Å². The number of nitriles is 1. The van der Waals surface area contributed by atoms with E-state index in [1.54, 1.807) is 18.2 Å². The first-order chi connectivity index (χ1) is 9.02. The summed E-state index contributed by atoms with van der Waals surface area (Å²) in [5, 5.41) is 12.8. The third-order valence-corrected chi connectivity index (χ3v) is 3.24. The molecule has 0 aliphatic carbocycles. The van der Waals surface area contributed by atoms with Crippen LogP contribution in [-0.4, -0.2) is 31.4 Å². The molecule has 5 heteroatoms. The Balaban J connectivity index is 2.00. The van der Waals surface area contributed by atoms with E-state index < -0.39 is 0 Å². The Morgan fingerprint density at radius 3 is 3.05 bits per heavy atom. The van der Waals surface area contributed by atoms with Crippen molar-refractivity contribution in [3.63, 3.8) is 0 Å². The van der Waals surface area contributed by atoms with E-state index in [2.05, 4.69) is 11.4 Å². The van der Waals surface area contributed by atoms with E-state index in [-0.39, 0.29) is 11.7 Å². The zero-order chi connectivity index (χ0) is 13.9. The van der Waals surface area contributed by atoms with Crippen LogP contribution in [0.1, 0.15) is 19.4 Å². The molecular formula is C14H17ClN2O2. The van der Waals surface area contributed by atoms with Crippen LogP contribution in [0.5, 0.6) is 5.75 Å². The summed E-state index contributed by atoms with van der Waals surface area (Å²) in [6.45, 7) is 6.03. The maximum absolute atomic E-state index is 9.06. The molecule has 19 heavy (non-hydrogen) atoms. The van der Waals surface area contributed by atoms with Crippen LogP contribution in [0.4, 0.5) is 0 Å². The summed E-state index contributed by atoms with van der Waals surface area (Å²) < 4.78 is 11.6. The van der Waals surface area contributed by atoms with E-state index in [0.29, 0.717) is 22.9 Å². The van der Waals surface area contributed by atoms with Crippen LogP contribution in [0.25, 0.3) is 0 Å². The average Bonchev–Trinajstić information content (AvgIpc) is 2.35. The first-order valence-corrected chi connectivity index (χ1v) is 6.59. The molecule has 0 bridgehead atoms. The predicted molar refractivity (Wildman–Crippen MR) is 73.5 cm³/mol. The summed E-state index contributed by atoms with van der Waals surface area (Å²) >= 11 is 5.95. The summed E-state index contributed by atoms with van der Waals surface area (Å²) in [4.78, 5) is 0. The molecule has 1 unspecified atom stereocenters. The van der Waals surface area contributed by atoms with Crippen LogP contribution >= 0.6 is 11.6 Å². The van der Waals surface area contributed by atoms with E-state index in [1.807, 2.05) is 13.8 Å². The molecule has 1 aromatic rings. The van der Waals surface area contributed by atoms with Gasteiger partial charge in [0.2, 0.25) is 0 Å². The first kappa shape index (κ1) is 14.1. The number of halogens is 1. The SMILES string of the molecule is CC1(C)CNCC(COc2cccc(Cl)c2C#N)O1. The fourth-order valence-corrected chi connectivity index (χ4v) is 2.29. The zero-order valence-corrected chi connectivity index (χ0v) is 11.8. The standard InChI is InChI=1S/C14H17ClN2O2/c1-14(2)9-17-7-10(19-14)8-18-13-5-3-4-12(15)11(13)6-16/h3-5,10,17H,7-9H2,1-2H3. The predicted octanol–water partition coefficient (Wildman–Crippen LogP) is 2.36. The van der Waals surface area contributed by atoms with Crippen LogP contribution in [0.15, 0.2) is 18.2 Å². The Bertz CT molecular complexity index is 497. The van der Waals surface area contributed by atoms with Crippen molar-refractivity contribution in [1.29, 1.82) is 5.26 Å². The highest BCUT2D eigenvalue weighted by molar-refractivity contribution is 6.31. The minimum Gasteiger partial charge on any atom is -0.489 e. The van der Waals surface area contributed by atoms with Crippen LogP contribution in [0.2, 0.25) is 5.02 Å². The maximum atomic E-state index is 9.06. The molecule has 4 nitrogen and oxygen atoms in total. The molecule has 1 atom stereocenters. The lowest BCUT2D eigenvalue weighted by Crippen LogP contribution is -2.52. The molecule has 1 N–H and O–H groups in total. The quantitative estimate of drug-likeness (QED) is 0.923. The number of hydrogen-bond donors (Lipinski definition) is 1. The van der Waals surface area contributed by atoms with E-state index in [0.717, 1.165) is 13.1 Å². The smallest absolute Gasteiger partial charge is 0.138 e. The van der Waals surface area contributed by atoms with Gasteiger partial charge in [0.05, 0.1) is 10.6 Å². The number of benzene rings is 1. The average molecular weight is 281 g/mol. The van der Waals surface area contributed by atoms with Crippen LogP contribution in [0.3, 0.4) is 0 Å². The fourth-order valence-electron chi connectivity index (χ4n) is 2.08. The second-order valence-corrected chi connectivity index (χ2v) is 5.57. The van der Waals surface area contributed by atoms with E-state index in [1.165, 1.54) is 0 Å². The van der Waals surface area contributed by atoms with Crippen molar-refractivity contribution in [2.45, 2.75) is 25.6 Å². The van der Waals surface area contributed by atoms with Gasteiger partial charge in [-0.05, 0) is 26.0 Å². The van der Waals surface area contributed by atoms with Crippen molar-refractivity contribution in [3.8, 4) is 11.8 Å². The highest BCUT2D eigenvalue weighted by Crippen LogP contribution is 2.26. The molecule has 0 amide bonds. The monoisotopic (exact) mass is 280 g/mol. The Morgan fingerprint density at radius 1 is 1.58 bits per heavy atom. The summed E-state index contributed by atoms with van der Waals surface area (Å²) in [7, 11) is 0. The fraction of sp³-hybridized carbons (Fsp3) is 0.500. The zero-order valence-electron chi connectivity index (χ0n) is 11.1. The summed E-state index contributed by atoms with van der Waals surface area (Å²) in [5.74, 6) is 0.502. The van der Waals surface area contributed by atoms with Crippen molar-refractivity contribution < 1.29 is 9.47 Å². The number of rotatable bonds is 3. The van der Waals surface area contributed by atoms with E-state index >= 15 is 0 Å². The third kappa shape index (κ3) is 3.60. The van der Waals surface area contributed by atoms with Gasteiger partial charge in [0, 0.05) is 13.1 Å². The molecule has 102 valence electrons. The van der Waals surface area contributed by atoms with Gasteiger partial charge in [-0.2, -0.15) is 5.26 Å². The van der Waals surface area contributed by atoms with Gasteiger partial charge in [0.1, 0.15) is 30.1 Å². The summed E-state index contributed by atoms with van der Waals surface area (Å²) in [6.07, 6.45) is -0.0331. The lowest BCUT2D eigenvalue weighted by Gasteiger charge is -2.36. The summed E-state index contributed by atoms with van der Waals surface area (Å²) in [5.41, 5.74) is 0.172. The number of ether oxygens (including phenoxy) is 2. The van der Waals surface area contributed by atoms with E-state index in [9.17, 15) is 0 Å². The van der Waals surface area contributed by atoms with Crippen molar-refractivity contribution in [2.24, 2.45) is 0 Å². The van der Waals surface area contributed by atoms with Gasteiger partial charge < -0.3 is 14.8 Å². The van der Waals surface area contributed by atoms with Gasteiger partial charge >= 0.3 is 0 Å². The molecule has 1 heterocycles. The second-order valence-electron chi connectivity index (χ2n) is 5.17. The maximum Gasteiger partial charge on any atom is 0.138 e. The van der Waals surface area contributed by atoms with Crippen LogP contribution in [-0.2, 0) is 4.74 Å². The molecule has 1 aliphatic rings. The molecule has 0 saturated carbocycles. The van der Waals surface area contributed by atoms with Crippen molar-refractivity contribution >= 4 is 11.6 Å². The number of morpholine rings is 1. The van der Waals surface area contributed by atoms with Gasteiger partial charge in [0.25, 0.3) is 0 Å². The summed E-state index contributed by atoms with van der Waals surface area (Å²) in [6, 6.07) is 7.24. The molecule has 0 radical (unpaired) electrons. The Kier molecular flexibility index (Phi) is 4.31. The van der Waals surface area contributed by atoms with Gasteiger partial charge in [-0.3, -0.25) is 0 Å². The molecule has 1 fully saturated rings. The molecule has 0 spiro atoms. The molecule has 2 rings (SSSR count). The normalized spacial score (nSPS) is 21.7. The minimum atomic E-state index is -0.196. The second kappa shape index (κ2) is 5.79. The van der Waals surface area contributed by atoms with Gasteiger partial charge in [0.15, 0.2) is 0 Å². The van der Waals surface area contributed by atoms with Gasteiger partial charge in [-0.1, -0.05) is 17.7 Å². The highest BCUT2D eigenvalue weighted by atomic mass is 35.5. The first-order valence-electron chi connectivity index (χ1n) is 6.22. The minimum absolute atomic E-state index is 0.0331. The van der Waals surface area contributed by atoms with Crippen molar-refractivity contribution in [1.82, 2.24) is 5.32 Å². The van der Waals surface area contributed by atoms with Crippen LogP contribution in [0, 0.1) is 11.3 Å². The number of hydrogen-bond acceptors (Lipinski definition) is 4. The highest BCUT2D eigenvalue weighted by Gasteiger charge is 2.28. The molecule has 1 saturated heterocycles. The molecule has 0 aromatic heterocycles. The lowest BCUT2D eigenvalue weighted by molar-refractivity contribution is -0.107. The Hall–Kier alpha value is -1.28. The van der Waals surface area contributed by atoms with Gasteiger partial charge in [-0.25, -0.2) is 0 Å². The molecule has 1 aromatic carbocycles. The Morgan fingerprint density at radius 2 is 2.37 bits per heavy atom. The third-order valence-electron chi connectivity index (χ3n) is 2.92.